The van der Waals surface area contributed by atoms with E-state index in [1.54, 1.807) is 0 Å². The molecule has 1 aromatic carbocycles. The van der Waals surface area contributed by atoms with Crippen LogP contribution >= 0.6 is 34.8 Å². The van der Waals surface area contributed by atoms with Crippen LogP contribution in [0.2, 0.25) is 0 Å². The Morgan fingerprint density at radius 2 is 1.82 bits per heavy atom. The zero-order chi connectivity index (χ0) is 13.1. The molecule has 0 saturated heterocycles. The molecule has 0 atom stereocenters. The van der Waals surface area contributed by atoms with Gasteiger partial charge in [0.2, 0.25) is 0 Å². The first-order chi connectivity index (χ1) is 7.78. The van der Waals surface area contributed by atoms with Gasteiger partial charge >= 0.3 is 10.1 Å². The molecule has 1 rings (SSSR count). The molecule has 0 aliphatic rings. The number of hydrogen-bond acceptors (Lipinski definition) is 4. The Bertz CT molecular complexity index is 429. The van der Waals surface area contributed by atoms with Crippen LogP contribution < -0.4 is 5.32 Å². The molecule has 0 fully saturated rings. The van der Waals surface area contributed by atoms with Crippen LogP contribution in [0.4, 0.5) is 16.2 Å². The number of amides is 1. The molecule has 0 saturated carbocycles. The van der Waals surface area contributed by atoms with Crippen molar-refractivity contribution in [2.24, 2.45) is 0 Å². The fourth-order valence-electron chi connectivity index (χ4n) is 0.915. The summed E-state index contributed by atoms with van der Waals surface area (Å²) in [6.45, 7) is 0. The predicted molar refractivity (Wildman–Crippen MR) is 63.5 cm³/mol. The van der Waals surface area contributed by atoms with Crippen molar-refractivity contribution in [3.05, 3.63) is 34.4 Å². The highest BCUT2D eigenvalue weighted by molar-refractivity contribution is 6.66. The van der Waals surface area contributed by atoms with E-state index in [4.69, 9.17) is 34.8 Å². The Kier molecular flexibility index (Phi) is 4.39. The topological polar surface area (TPSA) is 81.5 Å². The Labute approximate surface area is 111 Å². The van der Waals surface area contributed by atoms with Crippen LogP contribution in [0.5, 0.6) is 0 Å². The van der Waals surface area contributed by atoms with Crippen molar-refractivity contribution < 1.29 is 14.5 Å². The SMILES string of the molecule is O=C(Nc1ccc([N+](=O)[O-])cc1)OC(Cl)(Cl)Cl. The van der Waals surface area contributed by atoms with Gasteiger partial charge in [0.05, 0.1) is 4.92 Å². The first-order valence-corrected chi connectivity index (χ1v) is 5.22. The number of nitrogens with zero attached hydrogens (tertiary/aromatic N) is 1. The summed E-state index contributed by atoms with van der Waals surface area (Å²) >= 11 is 15.7. The first-order valence-electron chi connectivity index (χ1n) is 4.09. The number of rotatable bonds is 2. The third-order valence-electron chi connectivity index (χ3n) is 1.53. The average Bonchev–Trinajstić information content (AvgIpc) is 2.15. The second kappa shape index (κ2) is 5.39. The van der Waals surface area contributed by atoms with Crippen molar-refractivity contribution in [1.29, 1.82) is 0 Å². The molecular formula is C8H5Cl3N2O4. The van der Waals surface area contributed by atoms with Gasteiger partial charge in [0.25, 0.3) is 5.69 Å². The van der Waals surface area contributed by atoms with E-state index in [0.29, 0.717) is 0 Å². The monoisotopic (exact) mass is 298 g/mol. The third kappa shape index (κ3) is 5.08. The van der Waals surface area contributed by atoms with Crippen molar-refractivity contribution in [3.63, 3.8) is 0 Å². The number of halogens is 3. The van der Waals surface area contributed by atoms with E-state index in [1.807, 2.05) is 0 Å². The van der Waals surface area contributed by atoms with E-state index >= 15 is 0 Å². The molecule has 0 aromatic heterocycles. The zero-order valence-electron chi connectivity index (χ0n) is 8.02. The van der Waals surface area contributed by atoms with E-state index in [2.05, 4.69) is 10.1 Å². The zero-order valence-corrected chi connectivity index (χ0v) is 10.3. The highest BCUT2D eigenvalue weighted by Gasteiger charge is 2.25. The number of ether oxygens (including phenoxy) is 1. The van der Waals surface area contributed by atoms with Gasteiger partial charge in [-0.05, 0) is 46.9 Å². The van der Waals surface area contributed by atoms with Crippen LogP contribution in [0.25, 0.3) is 0 Å². The molecule has 1 aromatic rings. The first kappa shape index (κ1) is 13.8. The number of non-ortho nitro benzene ring substituents is 1. The lowest BCUT2D eigenvalue weighted by Crippen LogP contribution is -2.21. The van der Waals surface area contributed by atoms with Crippen LogP contribution in [0.1, 0.15) is 0 Å². The number of benzene rings is 1. The van der Waals surface area contributed by atoms with E-state index in [0.717, 1.165) is 0 Å². The van der Waals surface area contributed by atoms with Gasteiger partial charge in [-0.2, -0.15) is 0 Å². The minimum Gasteiger partial charge on any atom is -0.398 e. The molecule has 0 aliphatic heterocycles. The van der Waals surface area contributed by atoms with Crippen molar-refractivity contribution in [2.45, 2.75) is 3.98 Å². The summed E-state index contributed by atoms with van der Waals surface area (Å²) in [5.41, 5.74) is 0.167. The predicted octanol–water partition coefficient (Wildman–Crippen LogP) is 3.47. The number of nitro benzene ring substituents is 1. The van der Waals surface area contributed by atoms with Crippen LogP contribution in [0, 0.1) is 10.1 Å². The minimum absolute atomic E-state index is 0.106. The van der Waals surface area contributed by atoms with Crippen molar-refractivity contribution in [1.82, 2.24) is 0 Å². The summed E-state index contributed by atoms with van der Waals surface area (Å²) < 4.78 is 2.17. The standard InChI is InChI=1S/C8H5Cl3N2O4/c9-8(10,11)17-7(14)12-5-1-3-6(4-2-5)13(15)16/h1-4H,(H,12,14). The Morgan fingerprint density at radius 3 is 2.24 bits per heavy atom. The quantitative estimate of drug-likeness (QED) is 0.515. The van der Waals surface area contributed by atoms with Crippen LogP contribution in [-0.2, 0) is 4.74 Å². The molecule has 0 bridgehead atoms. The summed E-state index contributed by atoms with van der Waals surface area (Å²) in [6, 6.07) is 5.06. The summed E-state index contributed by atoms with van der Waals surface area (Å²) in [4.78, 5) is 20.9. The highest BCUT2D eigenvalue weighted by atomic mass is 35.6. The lowest BCUT2D eigenvalue weighted by molar-refractivity contribution is -0.384. The lowest BCUT2D eigenvalue weighted by atomic mass is 10.3. The second-order valence-corrected chi connectivity index (χ2v) is 4.94. The third-order valence-corrected chi connectivity index (χ3v) is 1.76. The maximum Gasteiger partial charge on any atom is 0.415 e. The molecule has 6 nitrogen and oxygen atoms in total. The normalized spacial score (nSPS) is 10.8. The van der Waals surface area contributed by atoms with Gasteiger partial charge in [0.15, 0.2) is 0 Å². The summed E-state index contributed by atoms with van der Waals surface area (Å²) in [6.07, 6.45) is -0.987. The molecule has 9 heteroatoms. The average molecular weight is 299 g/mol. The number of nitrogens with one attached hydrogen (secondary N) is 1. The number of nitro groups is 1. The van der Waals surface area contributed by atoms with Crippen molar-refractivity contribution in [2.75, 3.05) is 5.32 Å². The molecule has 0 unspecified atom stereocenters. The lowest BCUT2D eigenvalue weighted by Gasteiger charge is -2.12. The Hall–Kier alpha value is -1.24. The fraction of sp³-hybridized carbons (Fsp3) is 0.125. The summed E-state index contributed by atoms with van der Waals surface area (Å²) in [5, 5.41) is 12.6. The van der Waals surface area contributed by atoms with Crippen molar-refractivity contribution >= 4 is 52.3 Å². The van der Waals surface area contributed by atoms with Gasteiger partial charge in [-0.25, -0.2) is 4.79 Å². The van der Waals surface area contributed by atoms with E-state index < -0.39 is 15.0 Å². The van der Waals surface area contributed by atoms with Crippen LogP contribution in [0.15, 0.2) is 24.3 Å². The largest absolute Gasteiger partial charge is 0.415 e. The van der Waals surface area contributed by atoms with Crippen LogP contribution in [0.3, 0.4) is 0 Å². The smallest absolute Gasteiger partial charge is 0.398 e. The Morgan fingerprint density at radius 1 is 1.29 bits per heavy atom. The molecule has 92 valence electrons. The van der Waals surface area contributed by atoms with Gasteiger partial charge in [-0.1, -0.05) is 0 Å². The van der Waals surface area contributed by atoms with Crippen molar-refractivity contribution in [3.8, 4) is 0 Å². The van der Waals surface area contributed by atoms with Gasteiger partial charge in [0.1, 0.15) is 0 Å². The van der Waals surface area contributed by atoms with Crippen LogP contribution in [-0.4, -0.2) is 15.0 Å². The number of carbonyl (C=O) groups is 1. The van der Waals surface area contributed by atoms with E-state index in [-0.39, 0.29) is 11.4 Å². The number of alkyl halides is 3. The maximum absolute atomic E-state index is 11.1. The molecule has 17 heavy (non-hydrogen) atoms. The van der Waals surface area contributed by atoms with E-state index in [9.17, 15) is 14.9 Å². The summed E-state index contributed by atoms with van der Waals surface area (Å²) in [5.74, 6) is 0. The van der Waals surface area contributed by atoms with Gasteiger partial charge in [0, 0.05) is 17.8 Å². The van der Waals surface area contributed by atoms with Gasteiger partial charge in [-0.3, -0.25) is 15.4 Å². The van der Waals surface area contributed by atoms with Gasteiger partial charge < -0.3 is 4.74 Å². The number of carbonyl (C=O) groups excluding carboxylic acids is 1. The molecule has 0 radical (unpaired) electrons. The maximum atomic E-state index is 11.1. The molecule has 0 aliphatic carbocycles. The molecule has 1 N–H and O–H groups in total. The minimum atomic E-state index is -2.16. The second-order valence-electron chi connectivity index (χ2n) is 2.76. The Balaban J connectivity index is 2.64. The van der Waals surface area contributed by atoms with E-state index in [1.165, 1.54) is 24.3 Å². The summed E-state index contributed by atoms with van der Waals surface area (Å²) in [7, 11) is 0. The van der Waals surface area contributed by atoms with Gasteiger partial charge in [-0.15, -0.1) is 0 Å². The number of hydrogen-bond donors (Lipinski definition) is 1. The highest BCUT2D eigenvalue weighted by Crippen LogP contribution is 2.28. The molecule has 1 amide bonds. The number of anilines is 1. The molecule has 0 heterocycles. The molecule has 0 spiro atoms. The molecular weight excluding hydrogens is 294 g/mol. The fourth-order valence-corrected chi connectivity index (χ4v) is 1.13.